The van der Waals surface area contributed by atoms with Crippen molar-refractivity contribution in [1.29, 1.82) is 0 Å². The fourth-order valence-corrected chi connectivity index (χ4v) is 2.28. The van der Waals surface area contributed by atoms with Crippen molar-refractivity contribution >= 4 is 15.9 Å². The molecule has 17 heavy (non-hydrogen) atoms. The van der Waals surface area contributed by atoms with Crippen LogP contribution in [0.5, 0.6) is 5.75 Å². The highest BCUT2D eigenvalue weighted by Crippen LogP contribution is 2.26. The van der Waals surface area contributed by atoms with Crippen LogP contribution in [0.4, 0.5) is 0 Å². The van der Waals surface area contributed by atoms with Crippen molar-refractivity contribution in [2.45, 2.75) is 33.1 Å². The molecule has 0 amide bonds. The zero-order chi connectivity index (χ0) is 12.7. The molecule has 0 bridgehead atoms. The molecule has 3 heteroatoms. The lowest BCUT2D eigenvalue weighted by atomic mass is 9.83. The quantitative estimate of drug-likeness (QED) is 0.826. The van der Waals surface area contributed by atoms with Gasteiger partial charge < -0.3 is 10.5 Å². The van der Waals surface area contributed by atoms with E-state index in [1.807, 2.05) is 24.3 Å². The fourth-order valence-electron chi connectivity index (χ4n) is 1.90. The number of hydrogen-bond donors (Lipinski definition) is 1. The van der Waals surface area contributed by atoms with Crippen LogP contribution >= 0.6 is 15.9 Å². The van der Waals surface area contributed by atoms with Gasteiger partial charge in [-0.25, -0.2) is 0 Å². The van der Waals surface area contributed by atoms with Gasteiger partial charge in [0.1, 0.15) is 5.75 Å². The van der Waals surface area contributed by atoms with E-state index in [9.17, 15) is 0 Å². The van der Waals surface area contributed by atoms with Gasteiger partial charge in [0, 0.05) is 4.47 Å². The van der Waals surface area contributed by atoms with Crippen molar-refractivity contribution < 1.29 is 4.74 Å². The molecule has 0 aromatic heterocycles. The van der Waals surface area contributed by atoms with E-state index in [0.29, 0.717) is 0 Å². The van der Waals surface area contributed by atoms with E-state index in [1.54, 1.807) is 0 Å². The largest absolute Gasteiger partial charge is 0.494 e. The molecule has 1 aromatic rings. The van der Waals surface area contributed by atoms with Crippen molar-refractivity contribution in [1.82, 2.24) is 0 Å². The molecule has 1 atom stereocenters. The van der Waals surface area contributed by atoms with Gasteiger partial charge in [-0.1, -0.05) is 42.3 Å². The number of benzene rings is 1. The van der Waals surface area contributed by atoms with Gasteiger partial charge in [0.15, 0.2) is 0 Å². The van der Waals surface area contributed by atoms with Crippen LogP contribution in [0.3, 0.4) is 0 Å². The maximum absolute atomic E-state index is 5.83. The summed E-state index contributed by atoms with van der Waals surface area (Å²) >= 11 is 3.43. The van der Waals surface area contributed by atoms with E-state index < -0.39 is 0 Å². The fraction of sp³-hybridized carbons (Fsp3) is 0.571. The third kappa shape index (κ3) is 5.09. The summed E-state index contributed by atoms with van der Waals surface area (Å²) in [6, 6.07) is 7.94. The summed E-state index contributed by atoms with van der Waals surface area (Å²) in [5, 5.41) is 0. The first kappa shape index (κ1) is 14.5. The summed E-state index contributed by atoms with van der Waals surface area (Å²) in [5.74, 6) is 0.912. The molecule has 0 radical (unpaired) electrons. The van der Waals surface area contributed by atoms with Crippen LogP contribution in [0.15, 0.2) is 28.7 Å². The Morgan fingerprint density at radius 1 is 1.35 bits per heavy atom. The first-order chi connectivity index (χ1) is 8.09. The second kappa shape index (κ2) is 7.02. The van der Waals surface area contributed by atoms with Crippen LogP contribution in [0.25, 0.3) is 0 Å². The summed E-state index contributed by atoms with van der Waals surface area (Å²) in [7, 11) is 0. The smallest absolute Gasteiger partial charge is 0.120 e. The minimum atomic E-state index is 0.209. The van der Waals surface area contributed by atoms with Crippen molar-refractivity contribution in [2.24, 2.45) is 11.1 Å². The van der Waals surface area contributed by atoms with Gasteiger partial charge in [0.2, 0.25) is 0 Å². The molecule has 0 aliphatic heterocycles. The predicted octanol–water partition coefficient (Wildman–Crippen LogP) is 3.98. The first-order valence-electron chi connectivity index (χ1n) is 6.18. The lowest BCUT2D eigenvalue weighted by Gasteiger charge is -2.27. The second-order valence-corrected chi connectivity index (χ2v) is 5.74. The van der Waals surface area contributed by atoms with Crippen LogP contribution in [0.2, 0.25) is 0 Å². The summed E-state index contributed by atoms with van der Waals surface area (Å²) < 4.78 is 6.79. The standard InChI is InChI=1S/C14H22BrNO/c1-3-7-14(2,11-16)8-9-17-13-6-4-5-12(15)10-13/h4-6,10H,3,7-9,11,16H2,1-2H3. The number of nitrogens with two attached hydrogens (primary N) is 1. The molecule has 0 saturated heterocycles. The van der Waals surface area contributed by atoms with Crippen LogP contribution in [0.1, 0.15) is 33.1 Å². The van der Waals surface area contributed by atoms with Gasteiger partial charge in [-0.15, -0.1) is 0 Å². The first-order valence-corrected chi connectivity index (χ1v) is 6.97. The van der Waals surface area contributed by atoms with Crippen molar-refractivity contribution in [3.8, 4) is 5.75 Å². The zero-order valence-corrected chi connectivity index (χ0v) is 12.3. The third-order valence-electron chi connectivity index (χ3n) is 3.12. The highest BCUT2D eigenvalue weighted by Gasteiger charge is 2.21. The van der Waals surface area contributed by atoms with E-state index in [-0.39, 0.29) is 5.41 Å². The molecule has 2 N–H and O–H groups in total. The molecular formula is C14H22BrNO. The van der Waals surface area contributed by atoms with Gasteiger partial charge in [-0.3, -0.25) is 0 Å². The molecular weight excluding hydrogens is 278 g/mol. The number of ether oxygens (including phenoxy) is 1. The Morgan fingerprint density at radius 3 is 2.71 bits per heavy atom. The SMILES string of the molecule is CCCC(C)(CN)CCOc1cccc(Br)c1. The van der Waals surface area contributed by atoms with Crippen LogP contribution < -0.4 is 10.5 Å². The molecule has 0 aliphatic rings. The normalized spacial score (nSPS) is 14.4. The molecule has 1 rings (SSSR count). The van der Waals surface area contributed by atoms with Gasteiger partial charge in [0.25, 0.3) is 0 Å². The second-order valence-electron chi connectivity index (χ2n) is 4.82. The Balaban J connectivity index is 2.41. The maximum atomic E-state index is 5.83. The monoisotopic (exact) mass is 299 g/mol. The lowest BCUT2D eigenvalue weighted by molar-refractivity contribution is 0.204. The van der Waals surface area contributed by atoms with E-state index in [1.165, 1.54) is 6.42 Å². The molecule has 1 unspecified atom stereocenters. The Kier molecular flexibility index (Phi) is 6.00. The Bertz CT molecular complexity index is 343. The van der Waals surface area contributed by atoms with Gasteiger partial charge in [0.05, 0.1) is 6.61 Å². The predicted molar refractivity (Wildman–Crippen MR) is 76.3 cm³/mol. The summed E-state index contributed by atoms with van der Waals surface area (Å²) in [4.78, 5) is 0. The van der Waals surface area contributed by atoms with Gasteiger partial charge >= 0.3 is 0 Å². The molecule has 96 valence electrons. The van der Waals surface area contributed by atoms with E-state index >= 15 is 0 Å². The Hall–Kier alpha value is -0.540. The Labute approximate surface area is 113 Å². The summed E-state index contributed by atoms with van der Waals surface area (Å²) in [5.41, 5.74) is 6.04. The Morgan fingerprint density at radius 2 is 2.12 bits per heavy atom. The molecule has 1 aromatic carbocycles. The lowest BCUT2D eigenvalue weighted by Crippen LogP contribution is -2.29. The number of rotatable bonds is 7. The topological polar surface area (TPSA) is 35.2 Å². The number of hydrogen-bond acceptors (Lipinski definition) is 2. The van der Waals surface area contributed by atoms with Crippen LogP contribution in [0, 0.1) is 5.41 Å². The van der Waals surface area contributed by atoms with Crippen LogP contribution in [-0.2, 0) is 0 Å². The van der Waals surface area contributed by atoms with Crippen LogP contribution in [-0.4, -0.2) is 13.2 Å². The number of halogens is 1. The molecule has 0 spiro atoms. The highest BCUT2D eigenvalue weighted by atomic mass is 79.9. The zero-order valence-electron chi connectivity index (χ0n) is 10.7. The van der Waals surface area contributed by atoms with Crippen molar-refractivity contribution in [2.75, 3.05) is 13.2 Å². The van der Waals surface area contributed by atoms with E-state index in [2.05, 4.69) is 29.8 Å². The van der Waals surface area contributed by atoms with Gasteiger partial charge in [-0.2, -0.15) is 0 Å². The van der Waals surface area contributed by atoms with Gasteiger partial charge in [-0.05, 0) is 43.0 Å². The minimum absolute atomic E-state index is 0.209. The molecule has 0 fully saturated rings. The molecule has 0 saturated carbocycles. The third-order valence-corrected chi connectivity index (χ3v) is 3.61. The maximum Gasteiger partial charge on any atom is 0.120 e. The van der Waals surface area contributed by atoms with E-state index in [0.717, 1.165) is 36.2 Å². The molecule has 0 heterocycles. The molecule has 2 nitrogen and oxygen atoms in total. The summed E-state index contributed by atoms with van der Waals surface area (Å²) in [6.45, 7) is 5.89. The minimum Gasteiger partial charge on any atom is -0.494 e. The van der Waals surface area contributed by atoms with E-state index in [4.69, 9.17) is 10.5 Å². The van der Waals surface area contributed by atoms with Crippen molar-refractivity contribution in [3.63, 3.8) is 0 Å². The average molecular weight is 300 g/mol. The average Bonchev–Trinajstić information content (AvgIpc) is 2.29. The highest BCUT2D eigenvalue weighted by molar-refractivity contribution is 9.10. The molecule has 0 aliphatic carbocycles. The summed E-state index contributed by atoms with van der Waals surface area (Å²) in [6.07, 6.45) is 3.33. The van der Waals surface area contributed by atoms with Crippen molar-refractivity contribution in [3.05, 3.63) is 28.7 Å².